The van der Waals surface area contributed by atoms with Crippen LogP contribution in [0.2, 0.25) is 0 Å². The lowest BCUT2D eigenvalue weighted by molar-refractivity contribution is 0.815. The van der Waals surface area contributed by atoms with E-state index in [9.17, 15) is 0 Å². The molecule has 4 aromatic rings. The van der Waals surface area contributed by atoms with E-state index >= 15 is 0 Å². The van der Waals surface area contributed by atoms with Crippen LogP contribution >= 0.6 is 12.2 Å². The third-order valence-electron chi connectivity index (χ3n) is 4.24. The molecule has 0 fully saturated rings. The second-order valence-corrected chi connectivity index (χ2v) is 6.78. The highest BCUT2D eigenvalue weighted by atomic mass is 32.1. The predicted molar refractivity (Wildman–Crippen MR) is 104 cm³/mol. The maximum atomic E-state index is 5.28. The number of fused-ring (bicyclic) bond motifs is 1. The van der Waals surface area contributed by atoms with Gasteiger partial charge in [-0.05, 0) is 35.8 Å². The van der Waals surface area contributed by atoms with Crippen LogP contribution in [-0.4, -0.2) is 29.7 Å². The van der Waals surface area contributed by atoms with Crippen LogP contribution in [0.4, 0.5) is 5.82 Å². The zero-order valence-corrected chi connectivity index (χ0v) is 15.3. The number of benzene rings is 1. The van der Waals surface area contributed by atoms with E-state index in [1.54, 1.807) is 12.5 Å². The third kappa shape index (κ3) is 3.11. The zero-order valence-electron chi connectivity index (χ0n) is 14.5. The lowest BCUT2D eigenvalue weighted by Gasteiger charge is -2.08. The van der Waals surface area contributed by atoms with Crippen molar-refractivity contribution in [3.8, 4) is 5.69 Å². The van der Waals surface area contributed by atoms with E-state index in [4.69, 9.17) is 12.2 Å². The summed E-state index contributed by atoms with van der Waals surface area (Å²) in [5, 5.41) is 10.8. The summed E-state index contributed by atoms with van der Waals surface area (Å²) in [7, 11) is 0. The van der Waals surface area contributed by atoms with Crippen molar-refractivity contribution in [2.24, 2.45) is 0 Å². The van der Waals surface area contributed by atoms with E-state index < -0.39 is 0 Å². The molecule has 0 unspecified atom stereocenters. The van der Waals surface area contributed by atoms with Gasteiger partial charge in [-0.1, -0.05) is 26.0 Å². The topological polar surface area (TPSA) is 87.2 Å². The van der Waals surface area contributed by atoms with E-state index in [-0.39, 0.29) is 0 Å². The molecule has 3 aromatic heterocycles. The number of aromatic nitrogens is 6. The van der Waals surface area contributed by atoms with E-state index in [1.807, 2.05) is 10.8 Å². The van der Waals surface area contributed by atoms with Crippen LogP contribution in [0.3, 0.4) is 0 Å². The van der Waals surface area contributed by atoms with E-state index in [0.29, 0.717) is 23.1 Å². The summed E-state index contributed by atoms with van der Waals surface area (Å²) in [4.78, 5) is 11.6. The first-order valence-corrected chi connectivity index (χ1v) is 8.82. The van der Waals surface area contributed by atoms with Crippen LogP contribution in [0, 0.1) is 4.77 Å². The predicted octanol–water partition coefficient (Wildman–Crippen LogP) is 3.94. The molecule has 0 amide bonds. The summed E-state index contributed by atoms with van der Waals surface area (Å²) in [6.45, 7) is 4.85. The molecule has 1 aromatic carbocycles. The molecule has 0 aliphatic carbocycles. The molecule has 0 bridgehead atoms. The van der Waals surface area contributed by atoms with Gasteiger partial charge in [0.1, 0.15) is 0 Å². The highest BCUT2D eigenvalue weighted by Gasteiger charge is 2.14. The summed E-state index contributed by atoms with van der Waals surface area (Å²) >= 11 is 5.28. The van der Waals surface area contributed by atoms with Crippen molar-refractivity contribution in [1.29, 1.82) is 0 Å². The number of anilines is 1. The SMILES string of the molecule is CC(C)c1[nH]nc2c(NCc3ccc(-n4ccnc4)cc3)nc(=S)[nH]c12. The van der Waals surface area contributed by atoms with Crippen molar-refractivity contribution >= 4 is 29.1 Å². The molecular weight excluding hydrogens is 346 g/mol. The van der Waals surface area contributed by atoms with E-state index in [1.165, 1.54) is 0 Å². The average Bonchev–Trinajstić information content (AvgIpc) is 3.29. The standard InChI is InChI=1S/C18H19N7S/c1-11(2)14-15-16(24-23-14)17(22-18(26)21-15)20-9-12-3-5-13(6-4-12)25-8-7-19-10-25/h3-8,10-11H,9H2,1-2H3,(H,23,24)(H2,20,21,22,26). The first-order valence-electron chi connectivity index (χ1n) is 8.41. The van der Waals surface area contributed by atoms with Gasteiger partial charge in [0.25, 0.3) is 0 Å². The minimum absolute atomic E-state index is 0.316. The van der Waals surface area contributed by atoms with Gasteiger partial charge >= 0.3 is 0 Å². The van der Waals surface area contributed by atoms with Crippen molar-refractivity contribution in [3.05, 3.63) is 59.0 Å². The maximum Gasteiger partial charge on any atom is 0.199 e. The van der Waals surface area contributed by atoms with Crippen LogP contribution < -0.4 is 5.32 Å². The summed E-state index contributed by atoms with van der Waals surface area (Å²) in [5.41, 5.74) is 4.93. The molecule has 0 saturated carbocycles. The average molecular weight is 365 g/mol. The highest BCUT2D eigenvalue weighted by molar-refractivity contribution is 7.71. The smallest absolute Gasteiger partial charge is 0.199 e. The Morgan fingerprint density at radius 2 is 2.04 bits per heavy atom. The van der Waals surface area contributed by atoms with Crippen molar-refractivity contribution in [2.75, 3.05) is 5.32 Å². The summed E-state index contributed by atoms with van der Waals surface area (Å²) in [5.74, 6) is 1.00. The molecule has 0 radical (unpaired) electrons. The molecule has 3 heterocycles. The number of H-pyrrole nitrogens is 2. The fourth-order valence-electron chi connectivity index (χ4n) is 2.87. The Morgan fingerprint density at radius 3 is 2.73 bits per heavy atom. The van der Waals surface area contributed by atoms with Gasteiger partial charge in [-0.2, -0.15) is 5.10 Å². The van der Waals surface area contributed by atoms with Gasteiger partial charge in [0.15, 0.2) is 16.1 Å². The fourth-order valence-corrected chi connectivity index (χ4v) is 3.06. The van der Waals surface area contributed by atoms with Gasteiger partial charge in [-0.15, -0.1) is 0 Å². The number of nitrogens with one attached hydrogen (secondary N) is 3. The Labute approximate surface area is 155 Å². The molecule has 7 nitrogen and oxygen atoms in total. The molecular formula is C18H19N7S. The Morgan fingerprint density at radius 1 is 1.23 bits per heavy atom. The van der Waals surface area contributed by atoms with Crippen molar-refractivity contribution < 1.29 is 0 Å². The molecule has 0 spiro atoms. The number of rotatable bonds is 5. The number of hydrogen-bond donors (Lipinski definition) is 3. The zero-order chi connectivity index (χ0) is 18.1. The van der Waals surface area contributed by atoms with Crippen LogP contribution in [0.1, 0.15) is 31.0 Å². The van der Waals surface area contributed by atoms with Gasteiger partial charge in [0.2, 0.25) is 0 Å². The quantitative estimate of drug-likeness (QED) is 0.466. The van der Waals surface area contributed by atoms with E-state index in [0.717, 1.165) is 28.0 Å². The maximum absolute atomic E-state index is 5.28. The normalized spacial score (nSPS) is 11.3. The van der Waals surface area contributed by atoms with Crippen LogP contribution in [0.5, 0.6) is 0 Å². The molecule has 0 aliphatic heterocycles. The van der Waals surface area contributed by atoms with Gasteiger partial charge in [-0.25, -0.2) is 9.97 Å². The molecule has 3 N–H and O–H groups in total. The molecule has 0 atom stereocenters. The Hall–Kier alpha value is -3.00. The minimum Gasteiger partial charge on any atom is -0.364 e. The lowest BCUT2D eigenvalue weighted by Crippen LogP contribution is -2.03. The van der Waals surface area contributed by atoms with Crippen molar-refractivity contribution in [1.82, 2.24) is 29.7 Å². The monoisotopic (exact) mass is 365 g/mol. The Balaban J connectivity index is 1.57. The number of hydrogen-bond acceptors (Lipinski definition) is 5. The first kappa shape index (κ1) is 16.5. The number of imidazole rings is 1. The number of aromatic amines is 2. The summed E-state index contributed by atoms with van der Waals surface area (Å²) < 4.78 is 2.41. The summed E-state index contributed by atoms with van der Waals surface area (Å²) in [6.07, 6.45) is 5.47. The van der Waals surface area contributed by atoms with Crippen LogP contribution in [-0.2, 0) is 6.54 Å². The highest BCUT2D eigenvalue weighted by Crippen LogP contribution is 2.25. The largest absolute Gasteiger partial charge is 0.364 e. The summed E-state index contributed by atoms with van der Waals surface area (Å²) in [6, 6.07) is 8.27. The Kier molecular flexibility index (Phi) is 4.26. The van der Waals surface area contributed by atoms with Gasteiger partial charge < -0.3 is 14.9 Å². The third-order valence-corrected chi connectivity index (χ3v) is 4.43. The van der Waals surface area contributed by atoms with Crippen molar-refractivity contribution in [3.63, 3.8) is 0 Å². The first-order chi connectivity index (χ1) is 12.6. The molecule has 0 saturated heterocycles. The second-order valence-electron chi connectivity index (χ2n) is 6.40. The van der Waals surface area contributed by atoms with Crippen LogP contribution in [0.25, 0.3) is 16.7 Å². The molecule has 8 heteroatoms. The molecule has 4 rings (SSSR count). The second kappa shape index (κ2) is 6.72. The van der Waals surface area contributed by atoms with Crippen molar-refractivity contribution in [2.45, 2.75) is 26.3 Å². The van der Waals surface area contributed by atoms with E-state index in [2.05, 4.69) is 68.6 Å². The molecule has 26 heavy (non-hydrogen) atoms. The van der Waals surface area contributed by atoms with Gasteiger partial charge in [-0.3, -0.25) is 5.10 Å². The lowest BCUT2D eigenvalue weighted by atomic mass is 10.1. The minimum atomic E-state index is 0.316. The van der Waals surface area contributed by atoms with Gasteiger partial charge in [0, 0.05) is 24.6 Å². The molecule has 132 valence electrons. The molecule has 0 aliphatic rings. The Bertz CT molecular complexity index is 1080. The van der Waals surface area contributed by atoms with Gasteiger partial charge in [0.05, 0.1) is 17.5 Å². The number of nitrogens with zero attached hydrogens (tertiary/aromatic N) is 4. The van der Waals surface area contributed by atoms with Crippen LogP contribution in [0.15, 0.2) is 43.0 Å². The fraction of sp³-hybridized carbons (Fsp3) is 0.222.